The average Bonchev–Trinajstić information content (AvgIpc) is 3.14. The molecule has 0 bridgehead atoms. The summed E-state index contributed by atoms with van der Waals surface area (Å²) in [6, 6.07) is 9.75. The molecule has 2 amide bonds. The molecule has 7 heteroatoms. The van der Waals surface area contributed by atoms with Gasteiger partial charge in [-0.3, -0.25) is 9.59 Å². The first kappa shape index (κ1) is 18.1. The summed E-state index contributed by atoms with van der Waals surface area (Å²) in [5.41, 5.74) is 5.08. The highest BCUT2D eigenvalue weighted by Gasteiger charge is 2.54. The first-order valence-corrected chi connectivity index (χ1v) is 10.1. The molecule has 0 unspecified atom stereocenters. The molecule has 29 heavy (non-hydrogen) atoms. The van der Waals surface area contributed by atoms with E-state index in [1.54, 1.807) is 19.2 Å². The monoisotopic (exact) mass is 392 g/mol. The van der Waals surface area contributed by atoms with Crippen LogP contribution in [0, 0.1) is 11.8 Å². The maximum absolute atomic E-state index is 12.9. The molecule has 7 nitrogen and oxygen atoms in total. The van der Waals surface area contributed by atoms with Crippen molar-refractivity contribution in [2.75, 3.05) is 32.1 Å². The van der Waals surface area contributed by atoms with Crippen LogP contribution in [0.5, 0.6) is 0 Å². The normalized spacial score (nSPS) is 23.7. The summed E-state index contributed by atoms with van der Waals surface area (Å²) in [5, 5.41) is 9.09. The molecule has 0 spiro atoms. The molecular weight excluding hydrogens is 368 g/mol. The van der Waals surface area contributed by atoms with Gasteiger partial charge in [0.25, 0.3) is 11.8 Å². The van der Waals surface area contributed by atoms with Crippen LogP contribution in [0.25, 0.3) is 0 Å². The number of nitrogens with one attached hydrogen (secondary N) is 3. The lowest BCUT2D eigenvalue weighted by molar-refractivity contribution is 0.0928. The van der Waals surface area contributed by atoms with Crippen LogP contribution in [0.1, 0.15) is 37.7 Å². The van der Waals surface area contributed by atoms with E-state index in [-0.39, 0.29) is 23.6 Å². The minimum atomic E-state index is -0.294. The Kier molecular flexibility index (Phi) is 4.47. The number of nitrogens with zero attached hydrogens (tertiary/aromatic N) is 1. The molecule has 3 N–H and O–H groups in total. The van der Waals surface area contributed by atoms with Gasteiger partial charge in [-0.05, 0) is 35.7 Å². The van der Waals surface area contributed by atoms with Crippen molar-refractivity contribution in [1.29, 1.82) is 0 Å². The van der Waals surface area contributed by atoms with E-state index in [2.05, 4.69) is 33.1 Å². The lowest BCUT2D eigenvalue weighted by Gasteiger charge is -2.12. The molecule has 0 radical (unpaired) electrons. The fourth-order valence-electron chi connectivity index (χ4n) is 4.52. The smallest absolute Gasteiger partial charge is 0.269 e. The quantitative estimate of drug-likeness (QED) is 0.715. The third-order valence-corrected chi connectivity index (χ3v) is 6.19. The van der Waals surface area contributed by atoms with E-state index in [9.17, 15) is 9.59 Å². The zero-order valence-electron chi connectivity index (χ0n) is 16.3. The van der Waals surface area contributed by atoms with Gasteiger partial charge in [0.2, 0.25) is 0 Å². The maximum Gasteiger partial charge on any atom is 0.269 e. The molecule has 3 atom stereocenters. The van der Waals surface area contributed by atoms with Gasteiger partial charge in [0, 0.05) is 54.8 Å². The van der Waals surface area contributed by atoms with Crippen LogP contribution in [0.2, 0.25) is 0 Å². The molecule has 1 aromatic carbocycles. The molecule has 1 saturated heterocycles. The molecule has 1 saturated carbocycles. The fraction of sp³-hybridized carbons (Fsp3) is 0.409. The lowest BCUT2D eigenvalue weighted by atomic mass is 9.99. The summed E-state index contributed by atoms with van der Waals surface area (Å²) in [6.07, 6.45) is 1.55. The van der Waals surface area contributed by atoms with Crippen molar-refractivity contribution in [2.24, 2.45) is 11.8 Å². The zero-order chi connectivity index (χ0) is 20.0. The Morgan fingerprint density at radius 3 is 2.83 bits per heavy atom. The lowest BCUT2D eigenvalue weighted by Crippen LogP contribution is -2.30. The Morgan fingerprint density at radius 1 is 1.21 bits per heavy atom. The number of ether oxygens (including phenoxy) is 1. The number of carbonyl (C=O) groups is 2. The predicted molar refractivity (Wildman–Crippen MR) is 108 cm³/mol. The Morgan fingerprint density at radius 2 is 2.03 bits per heavy atom. The SMILES string of the molecule is CNC(=O)c1cc(C(=O)N[C@H]2[C@@H]3COC[C@@H]32)cc(Cc2cccc3c2CCN3)n1. The standard InChI is InChI=1S/C22H24N4O3/c1-23-22(28)19-9-13(21(27)26-20-16-10-29-11-17(16)20)8-14(25-19)7-12-3-2-4-18-15(12)5-6-24-18/h2-4,8-9,16-17,20,24H,5-7,10-11H2,1H3,(H,23,28)(H,26,27)/t16-,17+,20+. The number of carbonyl (C=O) groups excluding carboxylic acids is 2. The van der Waals surface area contributed by atoms with Crippen LogP contribution in [0.4, 0.5) is 5.69 Å². The van der Waals surface area contributed by atoms with Crippen LogP contribution in [0.3, 0.4) is 0 Å². The van der Waals surface area contributed by atoms with E-state index in [4.69, 9.17) is 4.74 Å². The second-order valence-electron chi connectivity index (χ2n) is 7.97. The van der Waals surface area contributed by atoms with Crippen LogP contribution < -0.4 is 16.0 Å². The Labute approximate surface area is 169 Å². The van der Waals surface area contributed by atoms with Gasteiger partial charge in [0.1, 0.15) is 5.69 Å². The highest BCUT2D eigenvalue weighted by atomic mass is 16.5. The molecular formula is C22H24N4O3. The third-order valence-electron chi connectivity index (χ3n) is 6.19. The van der Waals surface area contributed by atoms with E-state index in [0.29, 0.717) is 37.0 Å². The highest BCUT2D eigenvalue weighted by Crippen LogP contribution is 2.44. The first-order chi connectivity index (χ1) is 14.1. The predicted octanol–water partition coefficient (Wildman–Crippen LogP) is 1.37. The molecule has 1 aliphatic carbocycles. The number of rotatable bonds is 5. The maximum atomic E-state index is 12.9. The molecule has 5 rings (SSSR count). The van der Waals surface area contributed by atoms with E-state index in [1.165, 1.54) is 11.1 Å². The second-order valence-corrected chi connectivity index (χ2v) is 7.97. The number of aromatic nitrogens is 1. The summed E-state index contributed by atoms with van der Waals surface area (Å²) in [4.78, 5) is 29.6. The number of pyridine rings is 1. The molecule has 3 aliphatic rings. The minimum absolute atomic E-state index is 0.154. The fourth-order valence-corrected chi connectivity index (χ4v) is 4.52. The summed E-state index contributed by atoms with van der Waals surface area (Å²) in [5.74, 6) is 0.409. The van der Waals surface area contributed by atoms with E-state index < -0.39 is 0 Å². The van der Waals surface area contributed by atoms with Crippen molar-refractivity contribution in [3.8, 4) is 0 Å². The van der Waals surface area contributed by atoms with Gasteiger partial charge in [-0.25, -0.2) is 4.98 Å². The molecule has 3 heterocycles. The second kappa shape index (κ2) is 7.15. The summed E-state index contributed by atoms with van der Waals surface area (Å²) in [7, 11) is 1.57. The van der Waals surface area contributed by atoms with Crippen molar-refractivity contribution >= 4 is 17.5 Å². The number of amides is 2. The van der Waals surface area contributed by atoms with Crippen molar-refractivity contribution in [3.63, 3.8) is 0 Å². The van der Waals surface area contributed by atoms with Gasteiger partial charge in [-0.1, -0.05) is 12.1 Å². The molecule has 1 aromatic heterocycles. The van der Waals surface area contributed by atoms with Crippen LogP contribution in [-0.4, -0.2) is 49.6 Å². The molecule has 2 aliphatic heterocycles. The largest absolute Gasteiger partial charge is 0.384 e. The van der Waals surface area contributed by atoms with Crippen LogP contribution >= 0.6 is 0 Å². The van der Waals surface area contributed by atoms with Crippen molar-refractivity contribution in [1.82, 2.24) is 15.6 Å². The number of fused-ring (bicyclic) bond motifs is 2. The summed E-state index contributed by atoms with van der Waals surface area (Å²) < 4.78 is 5.39. The third kappa shape index (κ3) is 3.35. The Bertz CT molecular complexity index is 980. The van der Waals surface area contributed by atoms with Crippen LogP contribution in [0.15, 0.2) is 30.3 Å². The average molecular weight is 392 g/mol. The molecule has 2 fully saturated rings. The van der Waals surface area contributed by atoms with Gasteiger partial charge in [0.15, 0.2) is 0 Å². The van der Waals surface area contributed by atoms with E-state index >= 15 is 0 Å². The van der Waals surface area contributed by atoms with E-state index in [1.807, 2.05) is 6.07 Å². The zero-order valence-corrected chi connectivity index (χ0v) is 16.3. The minimum Gasteiger partial charge on any atom is -0.384 e. The van der Waals surface area contributed by atoms with Crippen molar-refractivity contribution in [2.45, 2.75) is 18.9 Å². The topological polar surface area (TPSA) is 92.4 Å². The number of benzene rings is 1. The number of hydrogen-bond acceptors (Lipinski definition) is 5. The Hall–Kier alpha value is -2.93. The van der Waals surface area contributed by atoms with Crippen molar-refractivity contribution < 1.29 is 14.3 Å². The summed E-state index contributed by atoms with van der Waals surface area (Å²) in [6.45, 7) is 2.36. The van der Waals surface area contributed by atoms with Crippen molar-refractivity contribution in [3.05, 3.63) is 58.4 Å². The van der Waals surface area contributed by atoms with Gasteiger partial charge in [-0.15, -0.1) is 0 Å². The van der Waals surface area contributed by atoms with E-state index in [0.717, 1.165) is 24.3 Å². The molecule has 2 aromatic rings. The Balaban J connectivity index is 1.42. The number of hydrogen-bond donors (Lipinski definition) is 3. The van der Waals surface area contributed by atoms with Gasteiger partial charge in [-0.2, -0.15) is 0 Å². The summed E-state index contributed by atoms with van der Waals surface area (Å²) >= 11 is 0. The molecule has 150 valence electrons. The first-order valence-electron chi connectivity index (χ1n) is 10.1. The van der Waals surface area contributed by atoms with Gasteiger partial charge < -0.3 is 20.7 Å². The van der Waals surface area contributed by atoms with Crippen LogP contribution in [-0.2, 0) is 17.6 Å². The number of anilines is 1. The van der Waals surface area contributed by atoms with Gasteiger partial charge in [0.05, 0.1) is 13.2 Å². The highest BCUT2D eigenvalue weighted by molar-refractivity contribution is 5.99. The van der Waals surface area contributed by atoms with Gasteiger partial charge >= 0.3 is 0 Å².